The van der Waals surface area contributed by atoms with Crippen LogP contribution in [0.1, 0.15) is 71.3 Å². The van der Waals surface area contributed by atoms with Crippen molar-refractivity contribution >= 4 is 65.2 Å². The fourth-order valence-electron chi connectivity index (χ4n) is 6.84. The van der Waals surface area contributed by atoms with Crippen LogP contribution in [0.25, 0.3) is 0 Å². The van der Waals surface area contributed by atoms with Crippen LogP contribution < -0.4 is 54.8 Å². The van der Waals surface area contributed by atoms with E-state index in [1.807, 2.05) is 0 Å². The number of nitrogens with two attached hydrogens (primary N) is 4. The average molecular weight is 965 g/mol. The quantitative estimate of drug-likeness (QED) is 0.0211. The third-order valence-electron chi connectivity index (χ3n) is 10.6. The molecule has 68 heavy (non-hydrogen) atoms. The van der Waals surface area contributed by atoms with Gasteiger partial charge in [-0.1, -0.05) is 26.0 Å². The molecule has 1 aliphatic rings. The predicted molar refractivity (Wildman–Crippen MR) is 238 cm³/mol. The van der Waals surface area contributed by atoms with Gasteiger partial charge in [0.05, 0.1) is 25.2 Å². The molecule has 9 atom stereocenters. The first-order valence-electron chi connectivity index (χ1n) is 21.6. The monoisotopic (exact) mass is 964 g/mol. The van der Waals surface area contributed by atoms with Crippen molar-refractivity contribution in [3.8, 4) is 5.75 Å². The number of nitrogens with one attached hydrogen (secondary N) is 6. The highest BCUT2D eigenvalue weighted by Crippen LogP contribution is 2.21. The summed E-state index contributed by atoms with van der Waals surface area (Å²) >= 11 is 0. The van der Waals surface area contributed by atoms with Crippen LogP contribution in [-0.2, 0) is 54.4 Å². The van der Waals surface area contributed by atoms with Crippen molar-refractivity contribution in [2.75, 3.05) is 19.7 Å². The number of phenols is 1. The van der Waals surface area contributed by atoms with E-state index < -0.39 is 133 Å². The van der Waals surface area contributed by atoms with E-state index in [1.165, 1.54) is 45.0 Å². The molecular weight excluding hydrogens is 901 g/mol. The number of hydrogen-bond donors (Lipinski definition) is 15. The lowest BCUT2D eigenvalue weighted by Gasteiger charge is -2.32. The number of nitrogens with zero attached hydrogens (tertiary/aromatic N) is 2. The first-order valence-corrected chi connectivity index (χ1v) is 21.6. The number of benzene rings is 1. The van der Waals surface area contributed by atoms with Crippen LogP contribution in [0.4, 0.5) is 0 Å². The molecule has 27 nitrogen and oxygen atoms in total. The van der Waals surface area contributed by atoms with Gasteiger partial charge < -0.3 is 85.3 Å². The summed E-state index contributed by atoms with van der Waals surface area (Å²) in [6, 6.07) is -7.08. The second-order valence-electron chi connectivity index (χ2n) is 16.4. The SMILES string of the molecule is CC(C)[C@H](NC(=O)[C@H](CC(=O)O)NC(=O)[C@H](Cc1ccc(O)cc1)NC(=O)[C@H](CO)NC(=O)[C@@H](N)CCC(N)=O)C(=O)N[C@H](C(=O)N1CCC[C@H]1C(=O)N[C@@H](CCCN=C(N)N)C(=O)O)[C@@H](C)O. The molecule has 0 unspecified atom stereocenters. The normalized spacial score (nSPS) is 16.8. The van der Waals surface area contributed by atoms with Gasteiger partial charge in [0.25, 0.3) is 0 Å². The number of primary amides is 1. The minimum absolute atomic E-state index is 0.00475. The Labute approximate surface area is 390 Å². The number of aromatic hydroxyl groups is 1. The van der Waals surface area contributed by atoms with E-state index in [4.69, 9.17) is 22.9 Å². The largest absolute Gasteiger partial charge is 0.508 e. The topological polar surface area (TPSA) is 464 Å². The third kappa shape index (κ3) is 18.6. The molecule has 378 valence electrons. The van der Waals surface area contributed by atoms with Crippen molar-refractivity contribution in [1.82, 2.24) is 36.8 Å². The van der Waals surface area contributed by atoms with Crippen LogP contribution in [-0.4, -0.2) is 170 Å². The number of carbonyl (C=O) groups excluding carboxylic acids is 8. The van der Waals surface area contributed by atoms with E-state index in [0.717, 1.165) is 4.90 Å². The molecule has 8 amide bonds. The first kappa shape index (κ1) is 57.0. The molecule has 1 saturated heterocycles. The Morgan fingerprint density at radius 2 is 1.32 bits per heavy atom. The summed E-state index contributed by atoms with van der Waals surface area (Å²) in [5.74, 6) is -12.0. The fraction of sp³-hybridized carbons (Fsp3) is 0.585. The number of rotatable bonds is 28. The van der Waals surface area contributed by atoms with Gasteiger partial charge in [-0.2, -0.15) is 0 Å². The van der Waals surface area contributed by atoms with Gasteiger partial charge in [0.2, 0.25) is 47.3 Å². The van der Waals surface area contributed by atoms with E-state index >= 15 is 0 Å². The molecule has 1 aromatic rings. The average Bonchev–Trinajstić information content (AvgIpc) is 3.76. The van der Waals surface area contributed by atoms with E-state index in [0.29, 0.717) is 12.0 Å². The minimum atomic E-state index is -1.93. The number of aliphatic imine (C=N–C) groups is 1. The Kier molecular flexibility index (Phi) is 23.0. The van der Waals surface area contributed by atoms with Gasteiger partial charge >= 0.3 is 11.9 Å². The highest BCUT2D eigenvalue weighted by atomic mass is 16.4. The number of guanidine groups is 1. The molecule has 0 radical (unpaired) electrons. The fourth-order valence-corrected chi connectivity index (χ4v) is 6.84. The van der Waals surface area contributed by atoms with Gasteiger partial charge in [-0.25, -0.2) is 4.79 Å². The molecule has 0 aliphatic carbocycles. The predicted octanol–water partition coefficient (Wildman–Crippen LogP) is -5.93. The van der Waals surface area contributed by atoms with Crippen molar-refractivity contribution < 1.29 is 73.5 Å². The number of likely N-dealkylation sites (tertiary alicyclic amines) is 1. The number of aliphatic carboxylic acids is 2. The van der Waals surface area contributed by atoms with Gasteiger partial charge in [-0.3, -0.25) is 48.1 Å². The zero-order chi connectivity index (χ0) is 51.4. The van der Waals surface area contributed by atoms with Crippen LogP contribution in [0.5, 0.6) is 5.75 Å². The highest BCUT2D eigenvalue weighted by molar-refractivity contribution is 5.99. The molecule has 1 aliphatic heterocycles. The van der Waals surface area contributed by atoms with Crippen molar-refractivity contribution in [2.45, 2.75) is 127 Å². The second kappa shape index (κ2) is 27.5. The smallest absolute Gasteiger partial charge is 0.326 e. The standard InChI is InChI=1S/C41H64N12O15/c1-19(2)31(38(65)52-32(20(3)55)39(66)53-15-5-7-28(53)37(64)47-24(40(67)68)6-4-14-46-41(44)45)51-35(62)26(17-30(58)59)49-34(61)25(16-21-8-10-22(56)11-9-21)48-36(63)27(18-54)50-33(60)23(42)12-13-29(43)57/h8-11,19-20,23-28,31-32,54-56H,4-7,12-18,42H2,1-3H3,(H2,43,57)(H,47,64)(H,48,63)(H,49,61)(H,50,60)(H,51,62)(H,52,65)(H,58,59)(H,67,68)(H4,44,45,46)/t20-,23+,24+,25+,26+,27+,28+,31+,32+/m1/s1. The van der Waals surface area contributed by atoms with Crippen molar-refractivity contribution in [3.05, 3.63) is 29.8 Å². The number of aliphatic hydroxyl groups is 2. The lowest BCUT2D eigenvalue weighted by molar-refractivity contribution is -0.146. The molecule has 1 fully saturated rings. The number of hydrogen-bond acceptors (Lipinski definition) is 15. The molecule has 2 rings (SSSR count). The number of carbonyl (C=O) groups is 10. The summed E-state index contributed by atoms with van der Waals surface area (Å²) in [4.78, 5) is 135. The molecule has 19 N–H and O–H groups in total. The Balaban J connectivity index is 2.31. The van der Waals surface area contributed by atoms with Crippen LogP contribution in [0.15, 0.2) is 29.3 Å². The van der Waals surface area contributed by atoms with Gasteiger partial charge in [0.1, 0.15) is 48.0 Å². The zero-order valence-electron chi connectivity index (χ0n) is 37.9. The van der Waals surface area contributed by atoms with Gasteiger partial charge in [0, 0.05) is 25.9 Å². The minimum Gasteiger partial charge on any atom is -0.508 e. The second-order valence-corrected chi connectivity index (χ2v) is 16.4. The first-order chi connectivity index (χ1) is 31.9. The van der Waals surface area contributed by atoms with Crippen LogP contribution >= 0.6 is 0 Å². The van der Waals surface area contributed by atoms with E-state index in [1.54, 1.807) is 0 Å². The summed E-state index contributed by atoms with van der Waals surface area (Å²) in [6.07, 6.45) is -2.88. The number of carboxylic acid groups (broad SMARTS) is 2. The zero-order valence-corrected chi connectivity index (χ0v) is 37.9. The summed E-state index contributed by atoms with van der Waals surface area (Å²) < 4.78 is 0. The maximum absolute atomic E-state index is 13.9. The maximum atomic E-state index is 13.9. The number of phenolic OH excluding ortho intramolecular Hbond substituents is 1. The van der Waals surface area contributed by atoms with Crippen LogP contribution in [0.3, 0.4) is 0 Å². The highest BCUT2D eigenvalue weighted by Gasteiger charge is 2.42. The summed E-state index contributed by atoms with van der Waals surface area (Å²) in [7, 11) is 0. The van der Waals surface area contributed by atoms with Gasteiger partial charge in [0.15, 0.2) is 5.96 Å². The van der Waals surface area contributed by atoms with Crippen molar-refractivity contribution in [2.24, 2.45) is 33.8 Å². The van der Waals surface area contributed by atoms with Crippen molar-refractivity contribution in [1.29, 1.82) is 0 Å². The lowest BCUT2D eigenvalue weighted by atomic mass is 10.0. The Hall–Kier alpha value is -7.13. The van der Waals surface area contributed by atoms with Crippen LogP contribution in [0, 0.1) is 5.92 Å². The molecule has 1 heterocycles. The number of aliphatic hydroxyl groups excluding tert-OH is 2. The van der Waals surface area contributed by atoms with Gasteiger partial charge in [-0.15, -0.1) is 0 Å². The van der Waals surface area contributed by atoms with E-state index in [9.17, 15) is 73.5 Å². The van der Waals surface area contributed by atoms with Crippen LogP contribution in [0.2, 0.25) is 0 Å². The summed E-state index contributed by atoms with van der Waals surface area (Å²) in [6.45, 7) is 3.23. The lowest BCUT2D eigenvalue weighted by Crippen LogP contribution is -2.62. The Morgan fingerprint density at radius 3 is 1.87 bits per heavy atom. The summed E-state index contributed by atoms with van der Waals surface area (Å²) in [5.41, 5.74) is 21.8. The molecule has 0 spiro atoms. The summed E-state index contributed by atoms with van der Waals surface area (Å²) in [5, 5.41) is 63.8. The Bertz CT molecular complexity index is 2000. The van der Waals surface area contributed by atoms with E-state index in [2.05, 4.69) is 36.9 Å². The van der Waals surface area contributed by atoms with Crippen molar-refractivity contribution in [3.63, 3.8) is 0 Å². The van der Waals surface area contributed by atoms with Gasteiger partial charge in [-0.05, 0) is 62.6 Å². The molecule has 0 aromatic heterocycles. The molecule has 27 heteroatoms. The Morgan fingerprint density at radius 1 is 0.750 bits per heavy atom. The van der Waals surface area contributed by atoms with E-state index in [-0.39, 0.29) is 63.3 Å². The molecule has 1 aromatic carbocycles. The number of carboxylic acids is 2. The molecule has 0 bridgehead atoms. The molecule has 0 saturated carbocycles. The molecular formula is C41H64N12O15. The third-order valence-corrected chi connectivity index (χ3v) is 10.6. The maximum Gasteiger partial charge on any atom is 0.326 e. The number of amides is 8.